The minimum absolute atomic E-state index is 0.888. The summed E-state index contributed by atoms with van der Waals surface area (Å²) in [6.07, 6.45) is 3.16. The summed E-state index contributed by atoms with van der Waals surface area (Å²) < 4.78 is 5.57. The number of hydrogen-bond donors (Lipinski definition) is 1. The lowest BCUT2D eigenvalue weighted by atomic mass is 10.3. The first-order valence-electron chi connectivity index (χ1n) is 5.89. The molecule has 0 aromatic carbocycles. The molecule has 0 radical (unpaired) electrons. The number of rotatable bonds is 4. The van der Waals surface area contributed by atoms with Crippen molar-refractivity contribution in [2.45, 2.75) is 19.5 Å². The zero-order valence-electron chi connectivity index (χ0n) is 9.87. The summed E-state index contributed by atoms with van der Waals surface area (Å²) in [5.41, 5.74) is 1.24. The van der Waals surface area contributed by atoms with Gasteiger partial charge in [0.05, 0.1) is 12.8 Å². The first-order valence-corrected chi connectivity index (χ1v) is 7.05. The van der Waals surface area contributed by atoms with Gasteiger partial charge in [-0.05, 0) is 31.8 Å². The normalized spacial score (nSPS) is 18.6. The van der Waals surface area contributed by atoms with Crippen LogP contribution in [0.4, 0.5) is 0 Å². The summed E-state index contributed by atoms with van der Waals surface area (Å²) in [6.45, 7) is 4.24. The van der Waals surface area contributed by atoms with Crippen molar-refractivity contribution < 1.29 is 4.42 Å². The molecule has 1 aromatic heterocycles. The Balaban J connectivity index is 1.86. The predicted molar refractivity (Wildman–Crippen MR) is 68.7 cm³/mol. The fraction of sp³-hybridized carbons (Fsp3) is 0.667. The average Bonchev–Trinajstić information content (AvgIpc) is 2.56. The Hall–Kier alpha value is -0.450. The number of hydrogen-bond acceptors (Lipinski definition) is 4. The van der Waals surface area contributed by atoms with E-state index in [1.807, 2.05) is 13.3 Å². The molecule has 1 aliphatic heterocycles. The zero-order valence-corrected chi connectivity index (χ0v) is 10.7. The summed E-state index contributed by atoms with van der Waals surface area (Å²) in [5.74, 6) is 3.65. The lowest BCUT2D eigenvalue weighted by Crippen LogP contribution is -2.25. The molecule has 1 aliphatic rings. The summed E-state index contributed by atoms with van der Waals surface area (Å²) >= 11 is 2.06. The molecule has 2 heterocycles. The van der Waals surface area contributed by atoms with Crippen LogP contribution in [0.5, 0.6) is 0 Å². The van der Waals surface area contributed by atoms with Gasteiger partial charge in [0.2, 0.25) is 0 Å². The summed E-state index contributed by atoms with van der Waals surface area (Å²) in [6, 6.07) is 2.16. The van der Waals surface area contributed by atoms with Crippen LogP contribution in [-0.2, 0) is 13.1 Å². The van der Waals surface area contributed by atoms with Gasteiger partial charge in [-0.2, -0.15) is 11.8 Å². The highest BCUT2D eigenvalue weighted by atomic mass is 32.2. The van der Waals surface area contributed by atoms with Crippen LogP contribution < -0.4 is 5.32 Å². The Morgan fingerprint density at radius 1 is 1.44 bits per heavy atom. The maximum atomic E-state index is 5.57. The zero-order chi connectivity index (χ0) is 11.2. The van der Waals surface area contributed by atoms with E-state index >= 15 is 0 Å². The standard InChI is InChI=1S/C12H20N2OS/c1-13-8-11-7-12(15-10-11)9-14-3-2-5-16-6-4-14/h7,10,13H,2-6,8-9H2,1H3. The Labute approximate surface area is 102 Å². The van der Waals surface area contributed by atoms with Crippen LogP contribution in [0.15, 0.2) is 16.7 Å². The molecule has 3 nitrogen and oxygen atoms in total. The Bertz CT molecular complexity index is 306. The smallest absolute Gasteiger partial charge is 0.118 e. The average molecular weight is 240 g/mol. The van der Waals surface area contributed by atoms with Crippen molar-refractivity contribution in [3.05, 3.63) is 23.7 Å². The first-order chi connectivity index (χ1) is 7.88. The van der Waals surface area contributed by atoms with Gasteiger partial charge in [0.25, 0.3) is 0 Å². The Morgan fingerprint density at radius 2 is 2.38 bits per heavy atom. The molecule has 0 unspecified atom stereocenters. The van der Waals surface area contributed by atoms with Crippen LogP contribution in [0, 0.1) is 0 Å². The number of nitrogens with zero attached hydrogens (tertiary/aromatic N) is 1. The Morgan fingerprint density at radius 3 is 3.25 bits per heavy atom. The van der Waals surface area contributed by atoms with Crippen molar-refractivity contribution in [1.29, 1.82) is 0 Å². The van der Waals surface area contributed by atoms with Gasteiger partial charge < -0.3 is 9.73 Å². The molecular formula is C12H20N2OS. The van der Waals surface area contributed by atoms with Crippen LogP contribution in [0.2, 0.25) is 0 Å². The van der Waals surface area contributed by atoms with Gasteiger partial charge in [0.1, 0.15) is 5.76 Å². The molecule has 0 bridgehead atoms. The number of thioether (sulfide) groups is 1. The number of nitrogens with one attached hydrogen (secondary N) is 1. The first kappa shape index (κ1) is 12.0. The van der Waals surface area contributed by atoms with E-state index in [1.165, 1.54) is 36.6 Å². The molecule has 0 atom stereocenters. The predicted octanol–water partition coefficient (Wildman–Crippen LogP) is 1.94. The van der Waals surface area contributed by atoms with Crippen LogP contribution in [-0.4, -0.2) is 36.5 Å². The molecule has 0 saturated carbocycles. The molecule has 0 amide bonds. The molecule has 0 spiro atoms. The second kappa shape index (κ2) is 6.33. The molecule has 1 saturated heterocycles. The van der Waals surface area contributed by atoms with Crippen molar-refractivity contribution in [1.82, 2.24) is 10.2 Å². The Kier molecular flexibility index (Phi) is 4.75. The van der Waals surface area contributed by atoms with Crippen molar-refractivity contribution in [3.8, 4) is 0 Å². The third-order valence-electron chi connectivity index (χ3n) is 2.78. The van der Waals surface area contributed by atoms with Crippen LogP contribution in [0.3, 0.4) is 0 Å². The van der Waals surface area contributed by atoms with E-state index in [-0.39, 0.29) is 0 Å². The number of furan rings is 1. The largest absolute Gasteiger partial charge is 0.468 e. The molecule has 1 N–H and O–H groups in total. The third kappa shape index (κ3) is 3.54. The molecule has 90 valence electrons. The second-order valence-electron chi connectivity index (χ2n) is 4.19. The van der Waals surface area contributed by atoms with Gasteiger partial charge in [-0.15, -0.1) is 0 Å². The molecule has 4 heteroatoms. The van der Waals surface area contributed by atoms with Crippen molar-refractivity contribution in [2.75, 3.05) is 31.6 Å². The quantitative estimate of drug-likeness (QED) is 0.870. The topological polar surface area (TPSA) is 28.4 Å². The fourth-order valence-electron chi connectivity index (χ4n) is 1.98. The van der Waals surface area contributed by atoms with E-state index in [1.54, 1.807) is 0 Å². The monoisotopic (exact) mass is 240 g/mol. The molecule has 2 rings (SSSR count). The maximum absolute atomic E-state index is 5.57. The van der Waals surface area contributed by atoms with Crippen molar-refractivity contribution in [2.24, 2.45) is 0 Å². The van der Waals surface area contributed by atoms with E-state index in [9.17, 15) is 0 Å². The molecule has 16 heavy (non-hydrogen) atoms. The van der Waals surface area contributed by atoms with Gasteiger partial charge in [-0.3, -0.25) is 4.90 Å². The van der Waals surface area contributed by atoms with Gasteiger partial charge in [-0.25, -0.2) is 0 Å². The molecule has 1 aromatic rings. The summed E-state index contributed by atoms with van der Waals surface area (Å²) in [5, 5.41) is 3.13. The van der Waals surface area contributed by atoms with Crippen LogP contribution in [0.25, 0.3) is 0 Å². The maximum Gasteiger partial charge on any atom is 0.118 e. The summed E-state index contributed by atoms with van der Waals surface area (Å²) in [4.78, 5) is 2.49. The SMILES string of the molecule is CNCc1coc(CN2CCCSCC2)c1. The third-order valence-corrected chi connectivity index (χ3v) is 3.83. The molecule has 0 aliphatic carbocycles. The molecular weight excluding hydrogens is 220 g/mol. The highest BCUT2D eigenvalue weighted by molar-refractivity contribution is 7.99. The van der Waals surface area contributed by atoms with E-state index < -0.39 is 0 Å². The highest BCUT2D eigenvalue weighted by Gasteiger charge is 2.11. The minimum Gasteiger partial charge on any atom is -0.468 e. The van der Waals surface area contributed by atoms with Crippen LogP contribution >= 0.6 is 11.8 Å². The van der Waals surface area contributed by atoms with E-state index in [0.29, 0.717) is 0 Å². The molecule has 1 fully saturated rings. The van der Waals surface area contributed by atoms with E-state index in [0.717, 1.165) is 18.8 Å². The van der Waals surface area contributed by atoms with Crippen molar-refractivity contribution >= 4 is 11.8 Å². The van der Waals surface area contributed by atoms with Crippen LogP contribution in [0.1, 0.15) is 17.7 Å². The second-order valence-corrected chi connectivity index (χ2v) is 5.42. The van der Waals surface area contributed by atoms with E-state index in [4.69, 9.17) is 4.42 Å². The van der Waals surface area contributed by atoms with Gasteiger partial charge in [0, 0.05) is 24.4 Å². The van der Waals surface area contributed by atoms with Crippen molar-refractivity contribution in [3.63, 3.8) is 0 Å². The summed E-state index contributed by atoms with van der Waals surface area (Å²) in [7, 11) is 1.96. The lowest BCUT2D eigenvalue weighted by Gasteiger charge is -2.17. The highest BCUT2D eigenvalue weighted by Crippen LogP contribution is 2.15. The minimum atomic E-state index is 0.888. The van der Waals surface area contributed by atoms with Gasteiger partial charge in [-0.1, -0.05) is 0 Å². The lowest BCUT2D eigenvalue weighted by molar-refractivity contribution is 0.262. The van der Waals surface area contributed by atoms with Gasteiger partial charge in [0.15, 0.2) is 0 Å². The fourth-order valence-corrected chi connectivity index (χ4v) is 2.91. The van der Waals surface area contributed by atoms with Gasteiger partial charge >= 0.3 is 0 Å². The van der Waals surface area contributed by atoms with E-state index in [2.05, 4.69) is 28.0 Å².